The second kappa shape index (κ2) is 11.2. The van der Waals surface area contributed by atoms with E-state index in [1.807, 2.05) is 15.9 Å². The van der Waals surface area contributed by atoms with Crippen LogP contribution in [-0.2, 0) is 22.4 Å². The van der Waals surface area contributed by atoms with E-state index in [9.17, 15) is 14.8 Å². The molecule has 2 fully saturated rings. The van der Waals surface area contributed by atoms with Crippen LogP contribution in [0.4, 0.5) is 0 Å². The molecule has 0 radical (unpaired) electrons. The first-order valence-electron chi connectivity index (χ1n) is 13.2. The summed E-state index contributed by atoms with van der Waals surface area (Å²) in [5.74, 6) is 1.00. The second-order valence-electron chi connectivity index (χ2n) is 10.7. The van der Waals surface area contributed by atoms with E-state index in [-0.39, 0.29) is 23.7 Å². The molecule has 2 aliphatic heterocycles. The number of hydrogen-bond acceptors (Lipinski definition) is 3. The van der Waals surface area contributed by atoms with Gasteiger partial charge in [0.1, 0.15) is 0 Å². The maximum atomic E-state index is 13.2. The van der Waals surface area contributed by atoms with E-state index in [0.29, 0.717) is 17.4 Å². The molecule has 1 aromatic heterocycles. The van der Waals surface area contributed by atoms with Crippen LogP contribution in [-0.4, -0.2) is 53.0 Å². The van der Waals surface area contributed by atoms with Crippen molar-refractivity contribution in [3.05, 3.63) is 60.7 Å². The maximum absolute atomic E-state index is 13.2. The molecule has 2 amide bonds. The van der Waals surface area contributed by atoms with Gasteiger partial charge in [0.15, 0.2) is 0 Å². The van der Waals surface area contributed by atoms with Crippen molar-refractivity contribution in [2.75, 3.05) is 26.2 Å². The lowest BCUT2D eigenvalue weighted by molar-refractivity contribution is -0.911. The zero-order valence-corrected chi connectivity index (χ0v) is 25.0. The topological polar surface area (TPSA) is 64.7 Å². The van der Waals surface area contributed by atoms with Gasteiger partial charge in [-0.2, -0.15) is 0 Å². The Morgan fingerprint density at radius 2 is 1.65 bits per heavy atom. The standard InChI is InChI=1S/C28H33Br2ClN3O3/c1-17(35)32-8-4-18(5-9-32)12-25(36)33-10-6-19(7-11-33)27-26-20(14-23(31)15-24(26)30)2-3-21-13-22(29)16-34(37)28(21)27/h13-16,18-19,27,37H,2-12H2,1H3/q+1. The summed E-state index contributed by atoms with van der Waals surface area (Å²) in [4.78, 5) is 28.7. The van der Waals surface area contributed by atoms with Crippen LogP contribution >= 0.6 is 43.5 Å². The average Bonchev–Trinajstić information content (AvgIpc) is 3.02. The van der Waals surface area contributed by atoms with E-state index < -0.39 is 0 Å². The number of carbonyl (C=O) groups is 2. The van der Waals surface area contributed by atoms with Crippen LogP contribution in [0.3, 0.4) is 0 Å². The molecule has 198 valence electrons. The molecule has 0 saturated carbocycles. The summed E-state index contributed by atoms with van der Waals surface area (Å²) in [6.45, 7) is 4.58. The SMILES string of the molecule is CC(=O)N1CCC(CC(=O)N2CCC(C3c4c(Br)cc(Cl)cc4CCc4cc(Br)c[n+](O)c43)CC2)CC1. The lowest BCUT2D eigenvalue weighted by Gasteiger charge is -2.37. The predicted molar refractivity (Wildman–Crippen MR) is 149 cm³/mol. The Labute approximate surface area is 240 Å². The van der Waals surface area contributed by atoms with Crippen molar-refractivity contribution in [3.63, 3.8) is 0 Å². The van der Waals surface area contributed by atoms with Gasteiger partial charge in [-0.25, -0.2) is 0 Å². The van der Waals surface area contributed by atoms with Gasteiger partial charge in [0.2, 0.25) is 23.7 Å². The summed E-state index contributed by atoms with van der Waals surface area (Å²) in [5, 5.41) is 11.8. The first-order chi connectivity index (χ1) is 17.7. The van der Waals surface area contributed by atoms with E-state index in [4.69, 9.17) is 11.6 Å². The van der Waals surface area contributed by atoms with Crippen molar-refractivity contribution in [1.29, 1.82) is 0 Å². The van der Waals surface area contributed by atoms with Gasteiger partial charge in [-0.3, -0.25) is 14.8 Å². The number of benzene rings is 1. The molecule has 2 saturated heterocycles. The Morgan fingerprint density at radius 1 is 1.00 bits per heavy atom. The third kappa shape index (κ3) is 5.71. The Morgan fingerprint density at radius 3 is 2.32 bits per heavy atom. The zero-order chi connectivity index (χ0) is 26.3. The fraction of sp³-hybridized carbons (Fsp3) is 0.536. The van der Waals surface area contributed by atoms with E-state index in [2.05, 4.69) is 44.0 Å². The normalized spacial score (nSPS) is 20.8. The van der Waals surface area contributed by atoms with Gasteiger partial charge in [0.25, 0.3) is 0 Å². The van der Waals surface area contributed by atoms with Crippen LogP contribution < -0.4 is 4.73 Å². The summed E-state index contributed by atoms with van der Waals surface area (Å²) < 4.78 is 3.13. The zero-order valence-electron chi connectivity index (χ0n) is 21.1. The Kier molecular flexibility index (Phi) is 8.18. The van der Waals surface area contributed by atoms with Gasteiger partial charge in [-0.1, -0.05) is 27.5 Å². The monoisotopic (exact) mass is 652 g/mol. The van der Waals surface area contributed by atoms with E-state index in [0.717, 1.165) is 84.9 Å². The predicted octanol–water partition coefficient (Wildman–Crippen LogP) is 5.51. The van der Waals surface area contributed by atoms with E-state index >= 15 is 0 Å². The Bertz CT molecular complexity index is 1150. The van der Waals surface area contributed by atoms with Crippen molar-refractivity contribution in [2.45, 2.75) is 57.8 Å². The van der Waals surface area contributed by atoms with Crippen molar-refractivity contribution in [3.8, 4) is 0 Å². The summed E-state index contributed by atoms with van der Waals surface area (Å²) in [6, 6.07) is 6.13. The number of amides is 2. The van der Waals surface area contributed by atoms with Gasteiger partial charge < -0.3 is 9.80 Å². The van der Waals surface area contributed by atoms with Crippen LogP contribution in [0, 0.1) is 11.8 Å². The number of pyridine rings is 1. The minimum Gasteiger partial charge on any atom is -0.343 e. The molecule has 1 aromatic carbocycles. The molecular formula is C28H33Br2ClN3O3+. The number of aromatic nitrogens is 1. The van der Waals surface area contributed by atoms with Crippen molar-refractivity contribution < 1.29 is 19.5 Å². The van der Waals surface area contributed by atoms with Crippen LogP contribution in [0.15, 0.2) is 33.3 Å². The molecule has 5 rings (SSSR count). The molecule has 9 heteroatoms. The smallest absolute Gasteiger partial charge is 0.245 e. The molecule has 37 heavy (non-hydrogen) atoms. The second-order valence-corrected chi connectivity index (χ2v) is 12.9. The molecule has 3 heterocycles. The van der Waals surface area contributed by atoms with E-state index in [1.54, 1.807) is 13.1 Å². The molecular weight excluding hydrogens is 622 g/mol. The van der Waals surface area contributed by atoms with Gasteiger partial charge in [0.05, 0.1) is 10.4 Å². The first kappa shape index (κ1) is 26.9. The lowest BCUT2D eigenvalue weighted by Crippen LogP contribution is -2.44. The number of fused-ring (bicyclic) bond motifs is 2. The Balaban J connectivity index is 1.34. The molecule has 0 bridgehead atoms. The molecule has 1 aliphatic carbocycles. The molecule has 0 spiro atoms. The van der Waals surface area contributed by atoms with Gasteiger partial charge in [0, 0.05) is 59.3 Å². The highest BCUT2D eigenvalue weighted by atomic mass is 79.9. The van der Waals surface area contributed by atoms with Gasteiger partial charge in [-0.05, 0) is 95.6 Å². The van der Waals surface area contributed by atoms with Crippen LogP contribution in [0.25, 0.3) is 0 Å². The summed E-state index contributed by atoms with van der Waals surface area (Å²) in [6.07, 6.45) is 7.53. The molecule has 1 N–H and O–H groups in total. The molecule has 1 unspecified atom stereocenters. The quantitative estimate of drug-likeness (QED) is 0.351. The number of halogens is 3. The van der Waals surface area contributed by atoms with Crippen LogP contribution in [0.5, 0.6) is 0 Å². The van der Waals surface area contributed by atoms with Crippen LogP contribution in [0.1, 0.15) is 67.3 Å². The fourth-order valence-electron chi connectivity index (χ4n) is 6.52. The average molecular weight is 655 g/mol. The minimum atomic E-state index is 0.00500. The molecule has 6 nitrogen and oxygen atoms in total. The number of carbonyl (C=O) groups excluding carboxylic acids is 2. The summed E-state index contributed by atoms with van der Waals surface area (Å²) in [7, 11) is 0. The number of nitrogens with zero attached hydrogens (tertiary/aromatic N) is 3. The number of likely N-dealkylation sites (tertiary alicyclic amines) is 2. The molecule has 1 atom stereocenters. The van der Waals surface area contributed by atoms with E-state index in [1.165, 1.54) is 15.9 Å². The largest absolute Gasteiger partial charge is 0.343 e. The Hall–Kier alpha value is -1.64. The summed E-state index contributed by atoms with van der Waals surface area (Å²) >= 11 is 13.8. The number of rotatable bonds is 3. The molecule has 2 aromatic rings. The highest BCUT2D eigenvalue weighted by Gasteiger charge is 2.41. The minimum absolute atomic E-state index is 0.00500. The van der Waals surface area contributed by atoms with Gasteiger partial charge in [-0.15, -0.1) is 0 Å². The maximum Gasteiger partial charge on any atom is 0.245 e. The van der Waals surface area contributed by atoms with Crippen LogP contribution in [0.2, 0.25) is 5.02 Å². The highest BCUT2D eigenvalue weighted by Crippen LogP contribution is 2.45. The molecule has 3 aliphatic rings. The highest BCUT2D eigenvalue weighted by molar-refractivity contribution is 9.10. The number of hydrogen-bond donors (Lipinski definition) is 1. The first-order valence-corrected chi connectivity index (χ1v) is 15.1. The van der Waals surface area contributed by atoms with Crippen molar-refractivity contribution in [2.24, 2.45) is 11.8 Å². The van der Waals surface area contributed by atoms with Gasteiger partial charge >= 0.3 is 0 Å². The third-order valence-electron chi connectivity index (χ3n) is 8.47. The van der Waals surface area contributed by atoms with Crippen molar-refractivity contribution >= 4 is 55.3 Å². The lowest BCUT2D eigenvalue weighted by atomic mass is 9.76. The number of aryl methyl sites for hydroxylation is 2. The summed E-state index contributed by atoms with van der Waals surface area (Å²) in [5.41, 5.74) is 4.49. The number of piperidine rings is 2. The fourth-order valence-corrected chi connectivity index (χ4v) is 8.11. The van der Waals surface area contributed by atoms with Crippen molar-refractivity contribution in [1.82, 2.24) is 9.80 Å². The third-order valence-corrected chi connectivity index (χ3v) is 9.78.